The van der Waals surface area contributed by atoms with Gasteiger partial charge in [0.05, 0.1) is 0 Å². The summed E-state index contributed by atoms with van der Waals surface area (Å²) in [4.78, 5) is 0. The number of hydrogen-bond donors (Lipinski definition) is 2. The van der Waals surface area contributed by atoms with Gasteiger partial charge in [-0.1, -0.05) is 13.8 Å². The molecule has 0 bridgehead atoms. The first-order chi connectivity index (χ1) is 9.40. The topological polar surface area (TPSA) is 61.4 Å². The van der Waals surface area contributed by atoms with E-state index >= 15 is 0 Å². The maximum atomic E-state index is 12.3. The van der Waals surface area contributed by atoms with Gasteiger partial charge in [0.1, 0.15) is 0 Å². The molecule has 2 aliphatic carbocycles. The third kappa shape index (κ3) is 4.41. The average Bonchev–Trinajstić information content (AvgIpc) is 3.17. The molecule has 0 aromatic rings. The molecule has 2 N–H and O–H groups in total. The average molecular weight is 303 g/mol. The second-order valence-electron chi connectivity index (χ2n) is 6.55. The van der Waals surface area contributed by atoms with Gasteiger partial charge < -0.3 is 5.32 Å². The minimum atomic E-state index is -3.33. The molecular weight excluding hydrogens is 274 g/mol. The molecule has 0 aromatic carbocycles. The van der Waals surface area contributed by atoms with Crippen LogP contribution in [-0.2, 0) is 10.2 Å². The van der Waals surface area contributed by atoms with Gasteiger partial charge in [-0.15, -0.1) is 0 Å². The Hall–Kier alpha value is -0.170. The van der Waals surface area contributed by atoms with Crippen LogP contribution in [0.3, 0.4) is 0 Å². The highest BCUT2D eigenvalue weighted by Gasteiger charge is 2.33. The molecule has 0 amide bonds. The van der Waals surface area contributed by atoms with E-state index in [0.717, 1.165) is 25.8 Å². The summed E-state index contributed by atoms with van der Waals surface area (Å²) < 4.78 is 28.9. The van der Waals surface area contributed by atoms with Gasteiger partial charge in [-0.05, 0) is 50.5 Å². The summed E-state index contributed by atoms with van der Waals surface area (Å²) in [6, 6.07) is 0.790. The van der Waals surface area contributed by atoms with E-state index in [1.807, 2.05) is 0 Å². The van der Waals surface area contributed by atoms with E-state index in [2.05, 4.69) is 23.9 Å². The number of nitrogens with zero attached hydrogens (tertiary/aromatic N) is 1. The van der Waals surface area contributed by atoms with Crippen LogP contribution in [-0.4, -0.2) is 44.9 Å². The van der Waals surface area contributed by atoms with E-state index < -0.39 is 10.2 Å². The van der Waals surface area contributed by atoms with Crippen molar-refractivity contribution in [1.82, 2.24) is 14.3 Å². The highest BCUT2D eigenvalue weighted by molar-refractivity contribution is 7.87. The Bertz CT molecular complexity index is 409. The van der Waals surface area contributed by atoms with Crippen LogP contribution in [0.25, 0.3) is 0 Å². The molecule has 5 nitrogen and oxygen atoms in total. The van der Waals surface area contributed by atoms with E-state index in [-0.39, 0.29) is 6.04 Å². The molecule has 20 heavy (non-hydrogen) atoms. The Morgan fingerprint density at radius 3 is 2.40 bits per heavy atom. The minimum Gasteiger partial charge on any atom is -0.314 e. The zero-order valence-corrected chi connectivity index (χ0v) is 13.7. The van der Waals surface area contributed by atoms with Gasteiger partial charge in [0.15, 0.2) is 0 Å². The first kappa shape index (κ1) is 16.2. The number of hydrogen-bond acceptors (Lipinski definition) is 3. The fraction of sp³-hybridized carbons (Fsp3) is 1.00. The van der Waals surface area contributed by atoms with Crippen LogP contribution in [0.1, 0.15) is 46.0 Å². The summed E-state index contributed by atoms with van der Waals surface area (Å²) in [5, 5.41) is 3.41. The van der Waals surface area contributed by atoms with E-state index in [4.69, 9.17) is 0 Å². The summed E-state index contributed by atoms with van der Waals surface area (Å²) in [5.41, 5.74) is 0. The molecule has 0 radical (unpaired) electrons. The largest absolute Gasteiger partial charge is 0.314 e. The molecule has 2 saturated carbocycles. The number of rotatable bonds is 8. The fourth-order valence-corrected chi connectivity index (χ4v) is 4.09. The van der Waals surface area contributed by atoms with Crippen LogP contribution in [0.15, 0.2) is 0 Å². The summed E-state index contributed by atoms with van der Waals surface area (Å²) >= 11 is 0. The smallest absolute Gasteiger partial charge is 0.279 e. The van der Waals surface area contributed by atoms with Crippen LogP contribution in [0.5, 0.6) is 0 Å². The Kier molecular flexibility index (Phi) is 5.45. The lowest BCUT2D eigenvalue weighted by Gasteiger charge is -2.24. The summed E-state index contributed by atoms with van der Waals surface area (Å²) in [6.07, 6.45) is 5.48. The zero-order valence-electron chi connectivity index (χ0n) is 12.9. The minimum absolute atomic E-state index is 0.0991. The van der Waals surface area contributed by atoms with E-state index in [1.54, 1.807) is 7.05 Å². The van der Waals surface area contributed by atoms with Crippen LogP contribution in [0, 0.1) is 11.8 Å². The Labute approximate surface area is 123 Å². The van der Waals surface area contributed by atoms with Gasteiger partial charge in [0, 0.05) is 25.7 Å². The number of nitrogens with one attached hydrogen (secondary N) is 2. The third-order valence-corrected chi connectivity index (χ3v) is 6.44. The van der Waals surface area contributed by atoms with Crippen molar-refractivity contribution < 1.29 is 8.42 Å². The van der Waals surface area contributed by atoms with Crippen molar-refractivity contribution in [2.24, 2.45) is 11.8 Å². The molecule has 0 heterocycles. The van der Waals surface area contributed by atoms with E-state index in [0.29, 0.717) is 24.4 Å². The van der Waals surface area contributed by atoms with Crippen LogP contribution < -0.4 is 10.0 Å². The molecule has 0 aromatic heterocycles. The second-order valence-corrected chi connectivity index (χ2v) is 8.36. The molecule has 6 heteroatoms. The first-order valence-electron chi connectivity index (χ1n) is 7.87. The lowest BCUT2D eigenvalue weighted by molar-refractivity contribution is 0.384. The van der Waals surface area contributed by atoms with Crippen molar-refractivity contribution in [3.05, 3.63) is 0 Å². The molecule has 0 saturated heterocycles. The maximum absolute atomic E-state index is 12.3. The van der Waals surface area contributed by atoms with Crippen molar-refractivity contribution in [2.45, 2.75) is 58.0 Å². The molecule has 3 unspecified atom stereocenters. The summed E-state index contributed by atoms with van der Waals surface area (Å²) in [6.45, 7) is 5.82. The summed E-state index contributed by atoms with van der Waals surface area (Å²) in [5.74, 6) is 1.03. The highest BCUT2D eigenvalue weighted by Crippen LogP contribution is 2.31. The Morgan fingerprint density at radius 1 is 1.15 bits per heavy atom. The standard InChI is InChI=1S/C14H29N3O2S/c1-11-5-8-14(12(11)2)16-20(18,19)17(3)10-4-9-15-13-6-7-13/h11-16H,4-10H2,1-3H3. The molecule has 2 aliphatic rings. The van der Waals surface area contributed by atoms with Crippen LogP contribution in [0.2, 0.25) is 0 Å². The summed E-state index contributed by atoms with van der Waals surface area (Å²) in [7, 11) is -1.66. The fourth-order valence-electron chi connectivity index (χ4n) is 2.83. The molecule has 0 aliphatic heterocycles. The second kappa shape index (κ2) is 6.73. The zero-order chi connectivity index (χ0) is 14.8. The first-order valence-corrected chi connectivity index (χ1v) is 9.31. The molecule has 3 atom stereocenters. The van der Waals surface area contributed by atoms with Crippen molar-refractivity contribution in [3.8, 4) is 0 Å². The van der Waals surface area contributed by atoms with Gasteiger partial charge >= 0.3 is 0 Å². The maximum Gasteiger partial charge on any atom is 0.279 e. The predicted octanol–water partition coefficient (Wildman–Crippen LogP) is 1.33. The van der Waals surface area contributed by atoms with Gasteiger partial charge in [-0.2, -0.15) is 17.4 Å². The van der Waals surface area contributed by atoms with Crippen molar-refractivity contribution in [1.29, 1.82) is 0 Å². The molecule has 0 spiro atoms. The lowest BCUT2D eigenvalue weighted by atomic mass is 9.98. The predicted molar refractivity (Wildman–Crippen MR) is 81.7 cm³/mol. The van der Waals surface area contributed by atoms with E-state index in [1.165, 1.54) is 17.1 Å². The van der Waals surface area contributed by atoms with Gasteiger partial charge in [-0.25, -0.2) is 0 Å². The Balaban J connectivity index is 1.73. The van der Waals surface area contributed by atoms with E-state index in [9.17, 15) is 8.42 Å². The monoisotopic (exact) mass is 303 g/mol. The quantitative estimate of drug-likeness (QED) is 0.665. The third-order valence-electron chi connectivity index (χ3n) is 4.84. The van der Waals surface area contributed by atoms with Crippen LogP contribution in [0.4, 0.5) is 0 Å². The van der Waals surface area contributed by atoms with Gasteiger partial charge in [-0.3, -0.25) is 0 Å². The molecular formula is C14H29N3O2S. The van der Waals surface area contributed by atoms with Crippen molar-refractivity contribution >= 4 is 10.2 Å². The van der Waals surface area contributed by atoms with Gasteiger partial charge in [0.2, 0.25) is 0 Å². The molecule has 2 fully saturated rings. The molecule has 2 rings (SSSR count). The van der Waals surface area contributed by atoms with Crippen molar-refractivity contribution in [2.75, 3.05) is 20.1 Å². The van der Waals surface area contributed by atoms with Gasteiger partial charge in [0.25, 0.3) is 10.2 Å². The SMILES string of the molecule is CC1CCC(NS(=O)(=O)N(C)CCCNC2CC2)C1C. The van der Waals surface area contributed by atoms with Crippen LogP contribution >= 0.6 is 0 Å². The Morgan fingerprint density at radius 2 is 1.85 bits per heavy atom. The molecule has 118 valence electrons. The lowest BCUT2D eigenvalue weighted by Crippen LogP contribution is -2.45. The van der Waals surface area contributed by atoms with Crippen molar-refractivity contribution in [3.63, 3.8) is 0 Å². The normalized spacial score (nSPS) is 31.1. The highest BCUT2D eigenvalue weighted by atomic mass is 32.2.